The summed E-state index contributed by atoms with van der Waals surface area (Å²) in [6, 6.07) is 14.5. The number of nitrogens with zero attached hydrogens (tertiary/aromatic N) is 3. The van der Waals surface area contributed by atoms with Crippen molar-refractivity contribution in [1.29, 1.82) is 0 Å². The molecule has 0 bridgehead atoms. The van der Waals surface area contributed by atoms with Crippen LogP contribution < -0.4 is 5.32 Å². The van der Waals surface area contributed by atoms with Crippen molar-refractivity contribution < 1.29 is 4.79 Å². The summed E-state index contributed by atoms with van der Waals surface area (Å²) in [4.78, 5) is 15.6. The lowest BCUT2D eigenvalue weighted by Gasteiger charge is -2.18. The van der Waals surface area contributed by atoms with Crippen LogP contribution in [0.2, 0.25) is 0 Å². The number of carbonyl (C=O) groups is 1. The van der Waals surface area contributed by atoms with Crippen LogP contribution in [0.4, 0.5) is 5.69 Å². The summed E-state index contributed by atoms with van der Waals surface area (Å²) < 4.78 is 1.80. The average molecular weight is 481 g/mol. The molecule has 0 spiro atoms. The summed E-state index contributed by atoms with van der Waals surface area (Å²) in [6.45, 7) is 17.2. The van der Waals surface area contributed by atoms with Crippen molar-refractivity contribution in [3.8, 4) is 11.4 Å². The van der Waals surface area contributed by atoms with Gasteiger partial charge >= 0.3 is 0 Å². The van der Waals surface area contributed by atoms with Crippen LogP contribution in [0.5, 0.6) is 0 Å². The van der Waals surface area contributed by atoms with Crippen LogP contribution in [-0.4, -0.2) is 27.6 Å². The Labute approximate surface area is 211 Å². The van der Waals surface area contributed by atoms with E-state index >= 15 is 0 Å². The summed E-state index contributed by atoms with van der Waals surface area (Å²) in [7, 11) is 1.91. The lowest BCUT2D eigenvalue weighted by atomic mass is 9.87. The van der Waals surface area contributed by atoms with Gasteiger partial charge in [-0.1, -0.05) is 70.5 Å². The van der Waals surface area contributed by atoms with Gasteiger partial charge < -0.3 is 5.32 Å². The Kier molecular flexibility index (Phi) is 11.8. The molecule has 1 N–H and O–H groups in total. The van der Waals surface area contributed by atoms with Crippen LogP contribution in [0.1, 0.15) is 58.5 Å². The van der Waals surface area contributed by atoms with E-state index in [-0.39, 0.29) is 5.41 Å². The van der Waals surface area contributed by atoms with Gasteiger partial charge in [0.15, 0.2) is 5.82 Å². The molecule has 0 amide bonds. The first-order valence-corrected chi connectivity index (χ1v) is 12.1. The zero-order chi connectivity index (χ0) is 25.9. The molecule has 3 aromatic rings. The van der Waals surface area contributed by atoms with Crippen molar-refractivity contribution in [3.63, 3.8) is 0 Å². The Morgan fingerprint density at radius 2 is 1.71 bits per heavy atom. The fourth-order valence-corrected chi connectivity index (χ4v) is 3.05. The number of carbonyl (C=O) groups excluding carboxylic acids is 1. The molecule has 3 rings (SSSR count). The average Bonchev–Trinajstić information content (AvgIpc) is 3.14. The van der Waals surface area contributed by atoms with Gasteiger partial charge in [0.2, 0.25) is 0 Å². The molecular formula is C28H40N4OS. The van der Waals surface area contributed by atoms with Crippen LogP contribution in [0.3, 0.4) is 0 Å². The molecule has 6 heteroatoms. The monoisotopic (exact) mass is 480 g/mol. The second-order valence-electron chi connectivity index (χ2n) is 8.94. The predicted molar refractivity (Wildman–Crippen MR) is 148 cm³/mol. The van der Waals surface area contributed by atoms with Gasteiger partial charge in [0, 0.05) is 29.7 Å². The zero-order valence-electron chi connectivity index (χ0n) is 22.1. The molecule has 2 aromatic carbocycles. The number of anilines is 1. The van der Waals surface area contributed by atoms with Crippen LogP contribution in [0, 0.1) is 13.8 Å². The lowest BCUT2D eigenvalue weighted by Crippen LogP contribution is -2.10. The number of nitrogens with one attached hydrogen (secondary N) is 1. The highest BCUT2D eigenvalue weighted by Gasteiger charge is 2.14. The fraction of sp³-hybridized carbons (Fsp3) is 0.393. The molecule has 0 aliphatic rings. The maximum Gasteiger partial charge on any atom is 0.181 e. The molecule has 0 unspecified atom stereocenters. The van der Waals surface area contributed by atoms with Crippen LogP contribution in [0.25, 0.3) is 11.4 Å². The van der Waals surface area contributed by atoms with Gasteiger partial charge in [0.05, 0.1) is 0 Å². The molecule has 0 saturated heterocycles. The first-order valence-electron chi connectivity index (χ1n) is 11.6. The summed E-state index contributed by atoms with van der Waals surface area (Å²) >= 11 is 4.34. The van der Waals surface area contributed by atoms with E-state index in [2.05, 4.69) is 73.1 Å². The minimum atomic E-state index is 0.186. The molecule has 5 nitrogen and oxygen atoms in total. The summed E-state index contributed by atoms with van der Waals surface area (Å²) in [5, 5.41) is 7.60. The second-order valence-corrected chi connectivity index (χ2v) is 9.42. The topological polar surface area (TPSA) is 59.8 Å². The SMILES string of the molecule is C/C(=C\C=O)CNc1ccc(C)c(S)c1.CC.Cc1nc(-c2ccc(C(C)(C)C)cc2)nn1C. The lowest BCUT2D eigenvalue weighted by molar-refractivity contribution is -0.104. The molecule has 0 aliphatic heterocycles. The van der Waals surface area contributed by atoms with Gasteiger partial charge in [-0.15, -0.1) is 12.6 Å². The van der Waals surface area contributed by atoms with Crippen LogP contribution in [-0.2, 0) is 17.3 Å². The van der Waals surface area contributed by atoms with E-state index in [1.807, 2.05) is 59.9 Å². The molecule has 1 heterocycles. The van der Waals surface area contributed by atoms with Gasteiger partial charge in [0.1, 0.15) is 12.1 Å². The third-order valence-electron chi connectivity index (χ3n) is 5.12. The van der Waals surface area contributed by atoms with Crippen molar-refractivity contribution in [2.45, 2.75) is 65.7 Å². The van der Waals surface area contributed by atoms with Crippen molar-refractivity contribution in [3.05, 3.63) is 71.1 Å². The minimum Gasteiger partial charge on any atom is -0.381 e. The van der Waals surface area contributed by atoms with Crippen molar-refractivity contribution >= 4 is 24.6 Å². The number of benzene rings is 2. The smallest absolute Gasteiger partial charge is 0.181 e. The zero-order valence-corrected chi connectivity index (χ0v) is 23.0. The first-order chi connectivity index (χ1) is 16.0. The number of thiol groups is 1. The van der Waals surface area contributed by atoms with Crippen molar-refractivity contribution in [2.75, 3.05) is 11.9 Å². The largest absolute Gasteiger partial charge is 0.381 e. The second kappa shape index (κ2) is 13.8. The van der Waals surface area contributed by atoms with E-state index in [4.69, 9.17) is 0 Å². The summed E-state index contributed by atoms with van der Waals surface area (Å²) in [5.41, 5.74) is 5.77. The highest BCUT2D eigenvalue weighted by atomic mass is 32.1. The predicted octanol–water partition coefficient (Wildman–Crippen LogP) is 6.96. The quantitative estimate of drug-likeness (QED) is 0.235. The van der Waals surface area contributed by atoms with E-state index < -0.39 is 0 Å². The third-order valence-corrected chi connectivity index (χ3v) is 5.60. The molecule has 0 fully saturated rings. The van der Waals surface area contributed by atoms with Crippen molar-refractivity contribution in [1.82, 2.24) is 14.8 Å². The third kappa shape index (κ3) is 9.18. The van der Waals surface area contributed by atoms with Gasteiger partial charge in [-0.25, -0.2) is 4.98 Å². The number of hydrogen-bond donors (Lipinski definition) is 2. The standard InChI is InChI=1S/C14H19N3.C12H15NOS.C2H6/c1-10-15-13(16-17(10)5)11-6-8-12(9-7-11)14(2,3)4;1-9(5-6-14)8-13-11-4-3-10(2)12(15)7-11;1-2/h6-9H,1-5H3;3-7,13,15H,8H2,1-2H3;1-2H3/b;9-5+;. The van der Waals surface area contributed by atoms with E-state index in [0.717, 1.165) is 45.2 Å². The Hall–Kier alpha value is -2.86. The number of rotatable bonds is 5. The first kappa shape index (κ1) is 29.2. The number of allylic oxidation sites excluding steroid dienone is 1. The molecule has 1 aromatic heterocycles. The van der Waals surface area contributed by atoms with E-state index in [0.29, 0.717) is 6.54 Å². The van der Waals surface area contributed by atoms with E-state index in [9.17, 15) is 4.79 Å². The molecule has 184 valence electrons. The highest BCUT2D eigenvalue weighted by molar-refractivity contribution is 7.80. The molecule has 0 atom stereocenters. The highest BCUT2D eigenvalue weighted by Crippen LogP contribution is 2.24. The Morgan fingerprint density at radius 3 is 2.18 bits per heavy atom. The Morgan fingerprint density at radius 1 is 1.09 bits per heavy atom. The molecule has 0 radical (unpaired) electrons. The minimum absolute atomic E-state index is 0.186. The van der Waals surface area contributed by atoms with Crippen LogP contribution in [0.15, 0.2) is 59.0 Å². The van der Waals surface area contributed by atoms with Crippen molar-refractivity contribution in [2.24, 2.45) is 7.05 Å². The number of aryl methyl sites for hydroxylation is 3. The maximum atomic E-state index is 10.2. The van der Waals surface area contributed by atoms with Gasteiger partial charge in [-0.2, -0.15) is 5.10 Å². The Bertz CT molecular complexity index is 1060. The maximum absolute atomic E-state index is 10.2. The number of aromatic nitrogens is 3. The molecule has 0 aliphatic carbocycles. The summed E-state index contributed by atoms with van der Waals surface area (Å²) in [5.74, 6) is 1.73. The van der Waals surface area contributed by atoms with E-state index in [1.165, 1.54) is 5.56 Å². The number of aldehydes is 1. The Balaban J connectivity index is 0.000000320. The molecular weight excluding hydrogens is 440 g/mol. The number of hydrogen-bond acceptors (Lipinski definition) is 5. The fourth-order valence-electron chi connectivity index (χ4n) is 2.84. The normalized spacial score (nSPS) is 11.1. The molecule has 0 saturated carbocycles. The molecule has 34 heavy (non-hydrogen) atoms. The van der Waals surface area contributed by atoms with Gasteiger partial charge in [0.25, 0.3) is 0 Å². The van der Waals surface area contributed by atoms with Crippen LogP contribution >= 0.6 is 12.6 Å². The van der Waals surface area contributed by atoms with Gasteiger partial charge in [-0.3, -0.25) is 9.48 Å². The summed E-state index contributed by atoms with van der Waals surface area (Å²) in [6.07, 6.45) is 2.36. The van der Waals surface area contributed by atoms with E-state index in [1.54, 1.807) is 10.8 Å². The van der Waals surface area contributed by atoms with Gasteiger partial charge in [-0.05, 0) is 55.5 Å².